The summed E-state index contributed by atoms with van der Waals surface area (Å²) < 4.78 is 18.7. The first kappa shape index (κ1) is 17.0. The molecule has 1 atom stereocenters. The predicted molar refractivity (Wildman–Crippen MR) is 88.1 cm³/mol. The summed E-state index contributed by atoms with van der Waals surface area (Å²) in [7, 11) is 0. The molecule has 23 heavy (non-hydrogen) atoms. The molecule has 2 rings (SSSR count). The molecule has 0 radical (unpaired) electrons. The van der Waals surface area contributed by atoms with E-state index in [-0.39, 0.29) is 5.69 Å². The molecule has 120 valence electrons. The van der Waals surface area contributed by atoms with Crippen LogP contribution in [0.15, 0.2) is 53.4 Å². The number of ether oxygens (including phenoxy) is 1. The molecule has 0 saturated heterocycles. The second-order valence-electron chi connectivity index (χ2n) is 4.72. The fourth-order valence-electron chi connectivity index (χ4n) is 1.89. The van der Waals surface area contributed by atoms with Crippen molar-refractivity contribution in [2.24, 2.45) is 0 Å². The van der Waals surface area contributed by atoms with Crippen molar-refractivity contribution >= 4 is 29.3 Å². The van der Waals surface area contributed by atoms with E-state index in [0.29, 0.717) is 5.56 Å². The largest absolute Gasteiger partial charge is 0.449 e. The summed E-state index contributed by atoms with van der Waals surface area (Å²) in [5, 5.41) is 2.40. The third kappa shape index (κ3) is 4.32. The van der Waals surface area contributed by atoms with Crippen LogP contribution in [0.25, 0.3) is 0 Å². The second-order valence-corrected chi connectivity index (χ2v) is 5.56. The van der Waals surface area contributed by atoms with Gasteiger partial charge in [-0.1, -0.05) is 24.3 Å². The third-order valence-corrected chi connectivity index (χ3v) is 3.91. The molecule has 0 spiro atoms. The molecule has 0 bridgehead atoms. The average Bonchev–Trinajstić information content (AvgIpc) is 2.56. The number of hydrogen-bond acceptors (Lipinski definition) is 4. The Kier molecular flexibility index (Phi) is 5.76. The third-order valence-electron chi connectivity index (χ3n) is 3.11. The molecule has 0 aliphatic rings. The van der Waals surface area contributed by atoms with Crippen molar-refractivity contribution in [2.45, 2.75) is 17.9 Å². The van der Waals surface area contributed by atoms with Gasteiger partial charge in [-0.25, -0.2) is 9.18 Å². The number of esters is 1. The lowest BCUT2D eigenvalue weighted by Gasteiger charge is -2.15. The van der Waals surface area contributed by atoms with Crippen LogP contribution in [-0.2, 0) is 9.53 Å². The number of halogens is 1. The van der Waals surface area contributed by atoms with E-state index in [9.17, 15) is 14.0 Å². The highest BCUT2D eigenvalue weighted by Gasteiger charge is 2.21. The van der Waals surface area contributed by atoms with Gasteiger partial charge in [-0.2, -0.15) is 0 Å². The van der Waals surface area contributed by atoms with Crippen molar-refractivity contribution in [2.75, 3.05) is 11.6 Å². The quantitative estimate of drug-likeness (QED) is 0.669. The standard InChI is InChI=1S/C17H16FNO3S/c1-11(16(20)19-14-9-5-4-8-13(14)18)22-17(21)12-7-3-6-10-15(12)23-2/h3-11H,1-2H3,(H,19,20)/t11-/m0/s1. The highest BCUT2D eigenvalue weighted by atomic mass is 32.2. The van der Waals surface area contributed by atoms with Crippen LogP contribution in [-0.4, -0.2) is 24.2 Å². The highest BCUT2D eigenvalue weighted by Crippen LogP contribution is 2.21. The van der Waals surface area contributed by atoms with Crippen molar-refractivity contribution in [3.05, 3.63) is 59.9 Å². The van der Waals surface area contributed by atoms with Gasteiger partial charge in [0, 0.05) is 4.90 Å². The van der Waals surface area contributed by atoms with Crippen molar-refractivity contribution in [3.63, 3.8) is 0 Å². The lowest BCUT2D eigenvalue weighted by molar-refractivity contribution is -0.123. The Morgan fingerprint density at radius 2 is 1.78 bits per heavy atom. The van der Waals surface area contributed by atoms with E-state index in [4.69, 9.17) is 4.74 Å². The minimum absolute atomic E-state index is 0.0462. The van der Waals surface area contributed by atoms with Crippen molar-refractivity contribution in [1.82, 2.24) is 0 Å². The molecule has 4 nitrogen and oxygen atoms in total. The number of benzene rings is 2. The summed E-state index contributed by atoms with van der Waals surface area (Å²) in [5.74, 6) is -1.73. The first-order valence-electron chi connectivity index (χ1n) is 6.92. The summed E-state index contributed by atoms with van der Waals surface area (Å²) in [6, 6.07) is 12.8. The molecule has 2 aromatic carbocycles. The van der Waals surface area contributed by atoms with E-state index in [2.05, 4.69) is 5.32 Å². The Labute approximate surface area is 138 Å². The van der Waals surface area contributed by atoms with Gasteiger partial charge in [0.25, 0.3) is 5.91 Å². The van der Waals surface area contributed by atoms with Crippen LogP contribution in [0.5, 0.6) is 0 Å². The van der Waals surface area contributed by atoms with Gasteiger partial charge in [0.2, 0.25) is 0 Å². The maximum Gasteiger partial charge on any atom is 0.340 e. The van der Waals surface area contributed by atoms with Crippen molar-refractivity contribution < 1.29 is 18.7 Å². The molecule has 0 unspecified atom stereocenters. The summed E-state index contributed by atoms with van der Waals surface area (Å²) >= 11 is 1.41. The summed E-state index contributed by atoms with van der Waals surface area (Å²) in [6.45, 7) is 1.44. The maximum absolute atomic E-state index is 13.5. The van der Waals surface area contributed by atoms with Crippen LogP contribution >= 0.6 is 11.8 Å². The van der Waals surface area contributed by atoms with Gasteiger partial charge in [-0.05, 0) is 37.4 Å². The van der Waals surface area contributed by atoms with Crippen LogP contribution in [0, 0.1) is 5.82 Å². The maximum atomic E-state index is 13.5. The van der Waals surface area contributed by atoms with E-state index in [0.717, 1.165) is 4.90 Å². The Bertz CT molecular complexity index is 720. The topological polar surface area (TPSA) is 55.4 Å². The number of hydrogen-bond donors (Lipinski definition) is 1. The van der Waals surface area contributed by atoms with E-state index in [1.807, 2.05) is 12.3 Å². The van der Waals surface area contributed by atoms with E-state index >= 15 is 0 Å². The second kappa shape index (κ2) is 7.78. The molecule has 0 heterocycles. The molecule has 0 saturated carbocycles. The molecule has 0 aromatic heterocycles. The van der Waals surface area contributed by atoms with Crippen LogP contribution < -0.4 is 5.32 Å². The molecular formula is C17H16FNO3S. The van der Waals surface area contributed by atoms with Gasteiger partial charge in [0.05, 0.1) is 11.3 Å². The zero-order chi connectivity index (χ0) is 16.8. The van der Waals surface area contributed by atoms with Crippen LogP contribution in [0.1, 0.15) is 17.3 Å². The SMILES string of the molecule is CSc1ccccc1C(=O)O[C@@H](C)C(=O)Nc1ccccc1F. The zero-order valence-electron chi connectivity index (χ0n) is 12.7. The lowest BCUT2D eigenvalue weighted by Crippen LogP contribution is -2.30. The number of para-hydroxylation sites is 1. The summed E-state index contributed by atoms with van der Waals surface area (Å²) in [5.41, 5.74) is 0.440. The average molecular weight is 333 g/mol. The van der Waals surface area contributed by atoms with Crippen molar-refractivity contribution in [3.8, 4) is 0 Å². The molecule has 0 fully saturated rings. The van der Waals surface area contributed by atoms with Gasteiger partial charge in [-0.15, -0.1) is 11.8 Å². The lowest BCUT2D eigenvalue weighted by atomic mass is 10.2. The number of nitrogens with one attached hydrogen (secondary N) is 1. The Morgan fingerprint density at radius 1 is 1.13 bits per heavy atom. The van der Waals surface area contributed by atoms with Gasteiger partial charge in [0.15, 0.2) is 6.10 Å². The van der Waals surface area contributed by atoms with E-state index in [1.165, 1.54) is 36.9 Å². The first-order chi connectivity index (χ1) is 11.0. The number of carbonyl (C=O) groups is 2. The smallest absolute Gasteiger partial charge is 0.340 e. The van der Waals surface area contributed by atoms with Crippen LogP contribution in [0.2, 0.25) is 0 Å². The zero-order valence-corrected chi connectivity index (χ0v) is 13.5. The van der Waals surface area contributed by atoms with E-state index in [1.54, 1.807) is 24.3 Å². The number of carbonyl (C=O) groups excluding carboxylic acids is 2. The summed E-state index contributed by atoms with van der Waals surface area (Å²) in [4.78, 5) is 25.0. The molecule has 6 heteroatoms. The van der Waals surface area contributed by atoms with Gasteiger partial charge < -0.3 is 10.1 Å². The molecule has 0 aliphatic heterocycles. The normalized spacial score (nSPS) is 11.6. The fraction of sp³-hybridized carbons (Fsp3) is 0.176. The summed E-state index contributed by atoms with van der Waals surface area (Å²) in [6.07, 6.45) is 0.803. The molecular weight excluding hydrogens is 317 g/mol. The molecule has 1 amide bonds. The Balaban J connectivity index is 2.03. The van der Waals surface area contributed by atoms with Crippen LogP contribution in [0.3, 0.4) is 0 Å². The number of amides is 1. The van der Waals surface area contributed by atoms with Gasteiger partial charge in [-0.3, -0.25) is 4.79 Å². The number of anilines is 1. The van der Waals surface area contributed by atoms with Crippen molar-refractivity contribution in [1.29, 1.82) is 0 Å². The first-order valence-corrected chi connectivity index (χ1v) is 8.14. The van der Waals surface area contributed by atoms with Gasteiger partial charge >= 0.3 is 5.97 Å². The molecule has 1 N–H and O–H groups in total. The Morgan fingerprint density at radius 3 is 2.48 bits per heavy atom. The minimum Gasteiger partial charge on any atom is -0.449 e. The molecule has 0 aliphatic carbocycles. The Hall–Kier alpha value is -2.34. The monoisotopic (exact) mass is 333 g/mol. The predicted octanol–water partition coefficient (Wildman–Crippen LogP) is 3.73. The minimum atomic E-state index is -1.04. The van der Waals surface area contributed by atoms with Gasteiger partial charge in [0.1, 0.15) is 5.82 Å². The highest BCUT2D eigenvalue weighted by molar-refractivity contribution is 7.98. The fourth-order valence-corrected chi connectivity index (χ4v) is 2.47. The molecule has 2 aromatic rings. The van der Waals surface area contributed by atoms with E-state index < -0.39 is 23.8 Å². The number of thioether (sulfide) groups is 1. The van der Waals surface area contributed by atoms with Crippen LogP contribution in [0.4, 0.5) is 10.1 Å². The number of rotatable bonds is 5.